The third-order valence-corrected chi connectivity index (χ3v) is 10.6. The average molecular weight is 636 g/mol. The monoisotopic (exact) mass is 635 g/mol. The van der Waals surface area contributed by atoms with Crippen molar-refractivity contribution in [3.63, 3.8) is 0 Å². The van der Waals surface area contributed by atoms with Gasteiger partial charge in [-0.15, -0.1) is 0 Å². The molecule has 0 atom stereocenters. The Balaban J connectivity index is 1.28. The van der Waals surface area contributed by atoms with E-state index in [1.165, 1.54) is 92.7 Å². The molecule has 1 saturated carbocycles. The molecule has 1 nitrogen and oxygen atoms in total. The fourth-order valence-electron chi connectivity index (χ4n) is 7.95. The topological polar surface area (TPSA) is 3.24 Å². The highest BCUT2D eigenvalue weighted by atomic mass is 15.1. The van der Waals surface area contributed by atoms with Crippen LogP contribution in [-0.4, -0.2) is 0 Å². The van der Waals surface area contributed by atoms with E-state index in [9.17, 15) is 0 Å². The lowest BCUT2D eigenvalue weighted by atomic mass is 9.80. The summed E-state index contributed by atoms with van der Waals surface area (Å²) in [5, 5.41) is 5.28. The molecule has 1 aliphatic rings. The van der Waals surface area contributed by atoms with Crippen LogP contribution in [0.5, 0.6) is 0 Å². The van der Waals surface area contributed by atoms with Gasteiger partial charge in [-0.05, 0) is 110 Å². The van der Waals surface area contributed by atoms with Crippen LogP contribution < -0.4 is 4.90 Å². The summed E-state index contributed by atoms with van der Waals surface area (Å²) in [7, 11) is 0. The molecular formula is C48H45N. The van der Waals surface area contributed by atoms with Crippen LogP contribution in [-0.2, 0) is 5.41 Å². The summed E-state index contributed by atoms with van der Waals surface area (Å²) in [6, 6.07) is 56.5. The van der Waals surface area contributed by atoms with Crippen LogP contribution in [0, 0.1) is 0 Å². The number of hydrogen-bond donors (Lipinski definition) is 0. The minimum absolute atomic E-state index is 0.0846. The van der Waals surface area contributed by atoms with Crippen LogP contribution in [0.1, 0.15) is 69.9 Å². The van der Waals surface area contributed by atoms with E-state index in [-0.39, 0.29) is 5.41 Å². The van der Waals surface area contributed by atoms with Crippen molar-refractivity contribution in [2.24, 2.45) is 0 Å². The Kier molecular flexibility index (Phi) is 8.30. The Labute approximate surface area is 291 Å². The van der Waals surface area contributed by atoms with Crippen LogP contribution in [0.4, 0.5) is 17.1 Å². The van der Waals surface area contributed by atoms with Gasteiger partial charge in [0, 0.05) is 16.9 Å². The highest BCUT2D eigenvalue weighted by Crippen LogP contribution is 2.46. The van der Waals surface area contributed by atoms with Gasteiger partial charge in [0.05, 0.1) is 5.69 Å². The third kappa shape index (κ3) is 6.15. The smallest absolute Gasteiger partial charge is 0.0540 e. The van der Waals surface area contributed by atoms with Crippen LogP contribution in [0.2, 0.25) is 0 Å². The lowest BCUT2D eigenvalue weighted by Crippen LogP contribution is -2.14. The average Bonchev–Trinajstić information content (AvgIpc) is 3.15. The van der Waals surface area contributed by atoms with Crippen molar-refractivity contribution < 1.29 is 0 Å². The molecule has 0 aliphatic heterocycles. The molecule has 1 fully saturated rings. The molecule has 0 bridgehead atoms. The molecule has 0 heterocycles. The molecule has 1 heteroatoms. The zero-order chi connectivity index (χ0) is 33.4. The van der Waals surface area contributed by atoms with E-state index in [2.05, 4.69) is 177 Å². The second-order valence-corrected chi connectivity index (χ2v) is 14.8. The van der Waals surface area contributed by atoms with Crippen molar-refractivity contribution in [1.82, 2.24) is 0 Å². The molecule has 0 saturated heterocycles. The maximum Gasteiger partial charge on any atom is 0.0540 e. The normalized spacial score (nSPS) is 13.9. The van der Waals surface area contributed by atoms with Crippen molar-refractivity contribution in [3.05, 3.63) is 163 Å². The molecule has 242 valence electrons. The molecule has 0 spiro atoms. The fraction of sp³-hybridized carbons (Fsp3) is 0.208. The summed E-state index contributed by atoms with van der Waals surface area (Å²) < 4.78 is 0. The summed E-state index contributed by atoms with van der Waals surface area (Å²) >= 11 is 0. The predicted octanol–water partition coefficient (Wildman–Crippen LogP) is 14.1. The zero-order valence-electron chi connectivity index (χ0n) is 29.0. The summed E-state index contributed by atoms with van der Waals surface area (Å²) in [6.45, 7) is 6.85. The van der Waals surface area contributed by atoms with Crippen LogP contribution >= 0.6 is 0 Å². The van der Waals surface area contributed by atoms with Crippen LogP contribution in [0.15, 0.2) is 152 Å². The Morgan fingerprint density at radius 3 is 1.82 bits per heavy atom. The number of benzene rings is 7. The van der Waals surface area contributed by atoms with Gasteiger partial charge in [0.2, 0.25) is 0 Å². The second kappa shape index (κ2) is 13.1. The Hall–Kier alpha value is -5.14. The minimum atomic E-state index is 0.0846. The van der Waals surface area contributed by atoms with E-state index in [0.29, 0.717) is 5.92 Å². The van der Waals surface area contributed by atoms with E-state index in [0.717, 1.165) is 11.4 Å². The first kappa shape index (κ1) is 31.1. The molecule has 0 radical (unpaired) electrons. The molecule has 7 aromatic carbocycles. The van der Waals surface area contributed by atoms with Gasteiger partial charge in [0.15, 0.2) is 0 Å². The minimum Gasteiger partial charge on any atom is -0.310 e. The van der Waals surface area contributed by atoms with E-state index >= 15 is 0 Å². The molecule has 49 heavy (non-hydrogen) atoms. The van der Waals surface area contributed by atoms with Gasteiger partial charge in [0.1, 0.15) is 0 Å². The van der Waals surface area contributed by atoms with Crippen molar-refractivity contribution in [2.45, 2.75) is 64.2 Å². The van der Waals surface area contributed by atoms with Gasteiger partial charge in [-0.1, -0.05) is 155 Å². The summed E-state index contributed by atoms with van der Waals surface area (Å²) in [5.74, 6) is 0.620. The number of anilines is 3. The highest BCUT2D eigenvalue weighted by molar-refractivity contribution is 6.03. The van der Waals surface area contributed by atoms with Gasteiger partial charge >= 0.3 is 0 Å². The summed E-state index contributed by atoms with van der Waals surface area (Å²) in [5.41, 5.74) is 11.5. The van der Waals surface area contributed by atoms with Crippen molar-refractivity contribution in [2.75, 3.05) is 4.90 Å². The van der Waals surface area contributed by atoms with Crippen molar-refractivity contribution in [3.8, 4) is 22.3 Å². The molecule has 1 aliphatic carbocycles. The lowest BCUT2D eigenvalue weighted by molar-refractivity contribution is 0.445. The first-order chi connectivity index (χ1) is 23.9. The first-order valence-electron chi connectivity index (χ1n) is 18.0. The number of nitrogens with zero attached hydrogens (tertiary/aromatic N) is 1. The highest BCUT2D eigenvalue weighted by Gasteiger charge is 2.23. The standard InChI is InChI=1S/C48H45N/c1-48(2,3)40-27-31-42(32-28-40)49(41-29-25-35(26-30-41)39-24-23-34-13-7-8-16-38(34)33-39)46-22-10-9-19-44(46)45-21-12-18-37-17-11-20-43(47(37)45)36-14-5-4-6-15-36/h7-13,16-33,36H,4-6,14-15H2,1-3H3. The van der Waals surface area contributed by atoms with E-state index in [4.69, 9.17) is 0 Å². The van der Waals surface area contributed by atoms with E-state index < -0.39 is 0 Å². The Bertz CT molecular complexity index is 2220. The molecule has 0 unspecified atom stereocenters. The number of rotatable bonds is 6. The van der Waals surface area contributed by atoms with Crippen LogP contribution in [0.3, 0.4) is 0 Å². The quantitative estimate of drug-likeness (QED) is 0.176. The van der Waals surface area contributed by atoms with Crippen LogP contribution in [0.25, 0.3) is 43.8 Å². The largest absolute Gasteiger partial charge is 0.310 e. The molecule has 0 aromatic heterocycles. The number of para-hydroxylation sites is 1. The van der Waals surface area contributed by atoms with Crippen molar-refractivity contribution >= 4 is 38.6 Å². The zero-order valence-corrected chi connectivity index (χ0v) is 29.0. The van der Waals surface area contributed by atoms with Gasteiger partial charge in [-0.2, -0.15) is 0 Å². The fourth-order valence-corrected chi connectivity index (χ4v) is 7.95. The maximum atomic E-state index is 2.45. The van der Waals surface area contributed by atoms with Gasteiger partial charge in [-0.25, -0.2) is 0 Å². The number of fused-ring (bicyclic) bond motifs is 2. The second-order valence-electron chi connectivity index (χ2n) is 14.8. The van der Waals surface area contributed by atoms with Gasteiger partial charge in [0.25, 0.3) is 0 Å². The molecule has 0 N–H and O–H groups in total. The maximum absolute atomic E-state index is 2.45. The number of hydrogen-bond acceptors (Lipinski definition) is 1. The predicted molar refractivity (Wildman–Crippen MR) is 212 cm³/mol. The molecular weight excluding hydrogens is 591 g/mol. The summed E-state index contributed by atoms with van der Waals surface area (Å²) in [6.07, 6.45) is 6.58. The van der Waals surface area contributed by atoms with Gasteiger partial charge < -0.3 is 4.90 Å². The Morgan fingerprint density at radius 2 is 1.08 bits per heavy atom. The first-order valence-corrected chi connectivity index (χ1v) is 18.0. The Morgan fingerprint density at radius 1 is 0.490 bits per heavy atom. The molecule has 0 amide bonds. The third-order valence-electron chi connectivity index (χ3n) is 10.6. The summed E-state index contributed by atoms with van der Waals surface area (Å²) in [4.78, 5) is 2.45. The lowest BCUT2D eigenvalue weighted by Gasteiger charge is -2.30. The van der Waals surface area contributed by atoms with Crippen molar-refractivity contribution in [1.29, 1.82) is 0 Å². The molecule has 7 aromatic rings. The van der Waals surface area contributed by atoms with Gasteiger partial charge in [-0.3, -0.25) is 0 Å². The molecule has 8 rings (SSSR count). The van der Waals surface area contributed by atoms with E-state index in [1.54, 1.807) is 0 Å². The SMILES string of the molecule is CC(C)(C)c1ccc(N(c2ccc(-c3ccc4ccccc4c3)cc2)c2ccccc2-c2cccc3cccc(C4CCCCC4)c23)cc1. The van der Waals surface area contributed by atoms with E-state index in [1.807, 2.05) is 0 Å².